The van der Waals surface area contributed by atoms with Crippen molar-refractivity contribution in [3.05, 3.63) is 194 Å². The molecule has 2 heterocycles. The molecule has 3 heteroatoms. The van der Waals surface area contributed by atoms with Crippen LogP contribution in [0.15, 0.2) is 199 Å². The van der Waals surface area contributed by atoms with E-state index in [4.69, 9.17) is 4.42 Å². The summed E-state index contributed by atoms with van der Waals surface area (Å²) < 4.78 is 8.90. The monoisotopic (exact) mass is 652 g/mol. The fourth-order valence-electron chi connectivity index (χ4n) is 7.58. The molecule has 240 valence electrons. The molecular formula is C48H32N2O. The zero-order valence-corrected chi connectivity index (χ0v) is 27.8. The predicted octanol–water partition coefficient (Wildman–Crippen LogP) is 13.5. The zero-order chi connectivity index (χ0) is 33.7. The molecule has 51 heavy (non-hydrogen) atoms. The van der Waals surface area contributed by atoms with Crippen molar-refractivity contribution >= 4 is 60.8 Å². The normalized spacial score (nSPS) is 11.5. The first-order chi connectivity index (χ1) is 25.3. The van der Waals surface area contributed by atoms with Gasteiger partial charge in [-0.3, -0.25) is 0 Å². The molecule has 0 aliphatic rings. The van der Waals surface area contributed by atoms with Crippen molar-refractivity contribution in [3.8, 4) is 27.9 Å². The summed E-state index contributed by atoms with van der Waals surface area (Å²) in [5, 5.41) is 4.76. The summed E-state index contributed by atoms with van der Waals surface area (Å²) in [7, 11) is 0. The second-order valence-electron chi connectivity index (χ2n) is 13.0. The van der Waals surface area contributed by atoms with Gasteiger partial charge < -0.3 is 13.9 Å². The van der Waals surface area contributed by atoms with Crippen molar-refractivity contribution < 1.29 is 4.42 Å². The summed E-state index contributed by atoms with van der Waals surface area (Å²) in [6.07, 6.45) is 0. The van der Waals surface area contributed by atoms with Gasteiger partial charge in [0.05, 0.1) is 16.7 Å². The lowest BCUT2D eigenvalue weighted by atomic mass is 10.0. The molecule has 0 unspecified atom stereocenters. The fraction of sp³-hybridized carbons (Fsp3) is 0. The highest BCUT2D eigenvalue weighted by Crippen LogP contribution is 2.43. The molecular weight excluding hydrogens is 621 g/mol. The van der Waals surface area contributed by atoms with Crippen LogP contribution in [0.2, 0.25) is 0 Å². The lowest BCUT2D eigenvalue weighted by molar-refractivity contribution is 0.669. The van der Waals surface area contributed by atoms with E-state index in [1.165, 1.54) is 38.5 Å². The summed E-state index contributed by atoms with van der Waals surface area (Å²) in [6, 6.07) is 69.0. The maximum atomic E-state index is 6.55. The van der Waals surface area contributed by atoms with Crippen molar-refractivity contribution in [2.45, 2.75) is 0 Å². The Labute approximate surface area is 295 Å². The number of hydrogen-bond donors (Lipinski definition) is 0. The maximum absolute atomic E-state index is 6.55. The first-order valence-corrected chi connectivity index (χ1v) is 17.4. The fourth-order valence-corrected chi connectivity index (χ4v) is 7.58. The zero-order valence-electron chi connectivity index (χ0n) is 27.8. The van der Waals surface area contributed by atoms with Gasteiger partial charge in [0.25, 0.3) is 0 Å². The topological polar surface area (TPSA) is 21.3 Å². The Morgan fingerprint density at radius 2 is 0.824 bits per heavy atom. The lowest BCUT2D eigenvalue weighted by Crippen LogP contribution is -2.10. The quantitative estimate of drug-likeness (QED) is 0.178. The van der Waals surface area contributed by atoms with Gasteiger partial charge in [-0.05, 0) is 82.9 Å². The molecule has 10 aromatic rings. The third kappa shape index (κ3) is 4.90. The van der Waals surface area contributed by atoms with Gasteiger partial charge in [-0.25, -0.2) is 0 Å². The van der Waals surface area contributed by atoms with Gasteiger partial charge >= 0.3 is 0 Å². The number of aromatic nitrogens is 1. The Kier molecular flexibility index (Phi) is 6.81. The molecule has 0 saturated heterocycles. The molecule has 0 spiro atoms. The number of anilines is 3. The Hall–Kier alpha value is -6.84. The Bertz CT molecular complexity index is 2770. The molecule has 0 aliphatic carbocycles. The molecule has 10 rings (SSSR count). The molecule has 0 atom stereocenters. The van der Waals surface area contributed by atoms with Gasteiger partial charge in [0.2, 0.25) is 0 Å². The van der Waals surface area contributed by atoms with E-state index in [2.05, 4.69) is 191 Å². The van der Waals surface area contributed by atoms with E-state index in [0.29, 0.717) is 0 Å². The van der Waals surface area contributed by atoms with Crippen LogP contribution in [-0.4, -0.2) is 4.57 Å². The van der Waals surface area contributed by atoms with Crippen molar-refractivity contribution in [2.24, 2.45) is 0 Å². The van der Waals surface area contributed by atoms with Crippen LogP contribution in [0.4, 0.5) is 17.1 Å². The molecule has 0 N–H and O–H groups in total. The van der Waals surface area contributed by atoms with Crippen LogP contribution in [0.25, 0.3) is 71.7 Å². The van der Waals surface area contributed by atoms with E-state index < -0.39 is 0 Å². The van der Waals surface area contributed by atoms with E-state index in [1.807, 2.05) is 12.1 Å². The average Bonchev–Trinajstić information content (AvgIpc) is 3.76. The molecule has 2 aromatic heterocycles. The minimum Gasteiger partial charge on any atom is -0.454 e. The van der Waals surface area contributed by atoms with Crippen LogP contribution in [-0.2, 0) is 0 Å². The standard InChI is InChI=1S/C48H32N2O/c1-2-11-33(12-3-1)34-21-27-37(28-22-34)49(46-19-10-16-43-42-15-6-9-20-47(42)51-48(43)46)38-29-23-35(24-30-38)36-25-31-39(32-26-36)50-44-17-7-4-13-40(44)41-14-5-8-18-45(41)50/h1-32H. The number of hydrogen-bond acceptors (Lipinski definition) is 2. The SMILES string of the molecule is c1ccc(-c2ccc(N(c3ccc(-c4ccc(-n5c6ccccc6c6ccccc65)cc4)cc3)c3cccc4c3oc3ccccc34)cc2)cc1. The van der Waals surface area contributed by atoms with Gasteiger partial charge in [0, 0.05) is 38.6 Å². The number of rotatable bonds is 6. The molecule has 0 fully saturated rings. The first-order valence-electron chi connectivity index (χ1n) is 17.4. The number of furan rings is 1. The highest BCUT2D eigenvalue weighted by atomic mass is 16.3. The summed E-state index contributed by atoms with van der Waals surface area (Å²) in [4.78, 5) is 2.30. The minimum atomic E-state index is 0.871. The molecule has 0 amide bonds. The van der Waals surface area contributed by atoms with E-state index in [-0.39, 0.29) is 0 Å². The summed E-state index contributed by atoms with van der Waals surface area (Å²) in [5.74, 6) is 0. The van der Waals surface area contributed by atoms with Crippen molar-refractivity contribution in [1.82, 2.24) is 4.57 Å². The third-order valence-electron chi connectivity index (χ3n) is 10.0. The van der Waals surface area contributed by atoms with E-state index in [0.717, 1.165) is 50.3 Å². The Morgan fingerprint density at radius 3 is 1.43 bits per heavy atom. The van der Waals surface area contributed by atoms with Crippen LogP contribution in [0.3, 0.4) is 0 Å². The van der Waals surface area contributed by atoms with Crippen LogP contribution in [0.1, 0.15) is 0 Å². The highest BCUT2D eigenvalue weighted by Gasteiger charge is 2.20. The number of fused-ring (bicyclic) bond motifs is 6. The van der Waals surface area contributed by atoms with E-state index in [9.17, 15) is 0 Å². The van der Waals surface area contributed by atoms with E-state index >= 15 is 0 Å². The number of nitrogens with zero attached hydrogens (tertiary/aromatic N) is 2. The molecule has 0 saturated carbocycles. The third-order valence-corrected chi connectivity index (χ3v) is 10.0. The maximum Gasteiger partial charge on any atom is 0.159 e. The van der Waals surface area contributed by atoms with Crippen LogP contribution in [0.5, 0.6) is 0 Å². The summed E-state index contributed by atoms with van der Waals surface area (Å²) in [6.45, 7) is 0. The number of benzene rings is 8. The van der Waals surface area contributed by atoms with Gasteiger partial charge in [-0.1, -0.05) is 133 Å². The van der Waals surface area contributed by atoms with Crippen molar-refractivity contribution in [3.63, 3.8) is 0 Å². The van der Waals surface area contributed by atoms with Crippen LogP contribution < -0.4 is 4.90 Å². The molecule has 8 aromatic carbocycles. The van der Waals surface area contributed by atoms with Gasteiger partial charge in [-0.15, -0.1) is 0 Å². The van der Waals surface area contributed by atoms with E-state index in [1.54, 1.807) is 0 Å². The minimum absolute atomic E-state index is 0.871. The highest BCUT2D eigenvalue weighted by molar-refractivity contribution is 6.11. The summed E-state index contributed by atoms with van der Waals surface area (Å²) >= 11 is 0. The van der Waals surface area contributed by atoms with Crippen LogP contribution >= 0.6 is 0 Å². The molecule has 0 bridgehead atoms. The molecule has 0 aliphatic heterocycles. The van der Waals surface area contributed by atoms with Crippen molar-refractivity contribution in [1.29, 1.82) is 0 Å². The summed E-state index contributed by atoms with van der Waals surface area (Å²) in [5.41, 5.74) is 13.2. The van der Waals surface area contributed by atoms with Crippen LogP contribution in [0, 0.1) is 0 Å². The largest absolute Gasteiger partial charge is 0.454 e. The second kappa shape index (κ2) is 11.9. The smallest absolute Gasteiger partial charge is 0.159 e. The number of para-hydroxylation sites is 4. The predicted molar refractivity (Wildman–Crippen MR) is 214 cm³/mol. The Balaban J connectivity index is 1.05. The average molecular weight is 653 g/mol. The Morgan fingerprint density at radius 1 is 0.353 bits per heavy atom. The van der Waals surface area contributed by atoms with Gasteiger partial charge in [0.1, 0.15) is 5.58 Å². The van der Waals surface area contributed by atoms with Crippen molar-refractivity contribution in [2.75, 3.05) is 4.90 Å². The molecule has 3 nitrogen and oxygen atoms in total. The van der Waals surface area contributed by atoms with Gasteiger partial charge in [0.15, 0.2) is 5.58 Å². The van der Waals surface area contributed by atoms with Gasteiger partial charge in [-0.2, -0.15) is 0 Å². The lowest BCUT2D eigenvalue weighted by Gasteiger charge is -2.26. The second-order valence-corrected chi connectivity index (χ2v) is 13.0. The first kappa shape index (κ1) is 29.1. The molecule has 0 radical (unpaired) electrons.